The van der Waals surface area contributed by atoms with Gasteiger partial charge in [-0.15, -0.1) is 0 Å². The Balaban J connectivity index is 1.77. The molecule has 0 radical (unpaired) electrons. The highest BCUT2D eigenvalue weighted by Crippen LogP contribution is 2.26. The molecule has 3 rings (SSSR count). The maximum atomic E-state index is 12.1. The Kier molecular flexibility index (Phi) is 5.35. The Hall–Kier alpha value is -3.02. The predicted molar refractivity (Wildman–Crippen MR) is 109 cm³/mol. The zero-order valence-electron chi connectivity index (χ0n) is 16.2. The summed E-state index contributed by atoms with van der Waals surface area (Å²) in [5, 5.41) is 0. The van der Waals surface area contributed by atoms with Crippen molar-refractivity contribution in [1.82, 2.24) is 4.90 Å². The highest BCUT2D eigenvalue weighted by molar-refractivity contribution is 6.10. The number of amides is 1. The van der Waals surface area contributed by atoms with Crippen molar-refractivity contribution in [3.05, 3.63) is 59.7 Å². The molecule has 2 unspecified atom stereocenters. The Morgan fingerprint density at radius 3 is 2.48 bits per heavy atom. The molecule has 0 saturated heterocycles. The molecule has 0 bridgehead atoms. The fraction of sp³-hybridized carbons (Fsp3) is 0.333. The standard InChI is InChI=1S/C21H26N4O2/c1-14-5-10-18(27-14)11-19(20(22)26)21-23-12-16(13-25(21)4)15-6-8-17(9-7-15)24(2)3/h5-10,12-13,19,21H,11H2,1-4H3,(H2,22,26). The Bertz CT molecular complexity index is 865. The minimum atomic E-state index is -0.467. The van der Waals surface area contributed by atoms with Crippen molar-refractivity contribution in [1.29, 1.82) is 0 Å². The Morgan fingerprint density at radius 1 is 1.26 bits per heavy atom. The van der Waals surface area contributed by atoms with Gasteiger partial charge in [0, 0.05) is 51.2 Å². The van der Waals surface area contributed by atoms with Gasteiger partial charge in [-0.3, -0.25) is 9.79 Å². The van der Waals surface area contributed by atoms with Crippen LogP contribution in [-0.2, 0) is 11.2 Å². The number of allylic oxidation sites excluding steroid dienone is 1. The Labute approximate surface area is 160 Å². The van der Waals surface area contributed by atoms with Gasteiger partial charge in [0.1, 0.15) is 17.7 Å². The van der Waals surface area contributed by atoms with Crippen LogP contribution in [0.15, 0.2) is 52.0 Å². The van der Waals surface area contributed by atoms with Gasteiger partial charge < -0.3 is 20.0 Å². The number of nitrogens with two attached hydrogens (primary N) is 1. The smallest absolute Gasteiger partial charge is 0.225 e. The number of rotatable bonds is 6. The van der Waals surface area contributed by atoms with E-state index >= 15 is 0 Å². The number of hydrogen-bond donors (Lipinski definition) is 1. The van der Waals surface area contributed by atoms with Crippen LogP contribution in [-0.4, -0.2) is 44.3 Å². The molecule has 1 aromatic heterocycles. The van der Waals surface area contributed by atoms with E-state index in [2.05, 4.69) is 34.2 Å². The monoisotopic (exact) mass is 366 g/mol. The number of aliphatic imine (C=N–C) groups is 1. The zero-order valence-corrected chi connectivity index (χ0v) is 16.2. The lowest BCUT2D eigenvalue weighted by Crippen LogP contribution is -2.43. The molecule has 2 N–H and O–H groups in total. The van der Waals surface area contributed by atoms with E-state index in [0.29, 0.717) is 6.42 Å². The first-order chi connectivity index (χ1) is 12.8. The minimum absolute atomic E-state index is 0.349. The lowest BCUT2D eigenvalue weighted by molar-refractivity contribution is -0.123. The molecule has 142 valence electrons. The normalized spacial score (nSPS) is 17.6. The maximum absolute atomic E-state index is 12.1. The molecular weight excluding hydrogens is 340 g/mol. The van der Waals surface area contributed by atoms with Gasteiger partial charge in [0.15, 0.2) is 0 Å². The number of carbonyl (C=O) groups excluding carboxylic acids is 1. The molecular formula is C21H26N4O2. The van der Waals surface area contributed by atoms with Gasteiger partial charge in [0.05, 0.1) is 5.92 Å². The molecule has 2 heterocycles. The Morgan fingerprint density at radius 2 is 1.96 bits per heavy atom. The van der Waals surface area contributed by atoms with Gasteiger partial charge in [-0.2, -0.15) is 0 Å². The number of nitrogens with zero attached hydrogens (tertiary/aromatic N) is 3. The van der Waals surface area contributed by atoms with Crippen molar-refractivity contribution in [3.63, 3.8) is 0 Å². The molecule has 1 amide bonds. The number of anilines is 1. The first kappa shape index (κ1) is 18.8. The number of hydrogen-bond acceptors (Lipinski definition) is 5. The molecule has 0 fully saturated rings. The van der Waals surface area contributed by atoms with Crippen molar-refractivity contribution in [3.8, 4) is 0 Å². The first-order valence-corrected chi connectivity index (χ1v) is 8.94. The second-order valence-electron chi connectivity index (χ2n) is 7.11. The molecule has 2 atom stereocenters. The first-order valence-electron chi connectivity index (χ1n) is 8.94. The highest BCUT2D eigenvalue weighted by atomic mass is 16.3. The van der Waals surface area contributed by atoms with E-state index in [9.17, 15) is 4.79 Å². The molecule has 0 aliphatic carbocycles. The van der Waals surface area contributed by atoms with Crippen molar-refractivity contribution in [2.24, 2.45) is 16.6 Å². The lowest BCUT2D eigenvalue weighted by atomic mass is 9.97. The quantitative estimate of drug-likeness (QED) is 0.853. The third kappa shape index (κ3) is 4.22. The summed E-state index contributed by atoms with van der Waals surface area (Å²) in [6.07, 6.45) is 3.90. The van der Waals surface area contributed by atoms with Gasteiger partial charge in [-0.1, -0.05) is 12.1 Å². The largest absolute Gasteiger partial charge is 0.466 e. The summed E-state index contributed by atoms with van der Waals surface area (Å²) in [6, 6.07) is 12.0. The number of benzene rings is 1. The molecule has 1 aromatic carbocycles. The molecule has 1 aliphatic rings. The van der Waals surface area contributed by atoms with E-state index in [1.54, 1.807) is 0 Å². The predicted octanol–water partition coefficient (Wildman–Crippen LogP) is 2.68. The zero-order chi connectivity index (χ0) is 19.6. The van der Waals surface area contributed by atoms with E-state index in [4.69, 9.17) is 10.2 Å². The van der Waals surface area contributed by atoms with E-state index < -0.39 is 5.92 Å². The van der Waals surface area contributed by atoms with Gasteiger partial charge in [0.2, 0.25) is 5.91 Å². The summed E-state index contributed by atoms with van der Waals surface area (Å²) in [5.41, 5.74) is 8.88. The van der Waals surface area contributed by atoms with Crippen molar-refractivity contribution in [2.75, 3.05) is 26.0 Å². The van der Waals surface area contributed by atoms with Crippen LogP contribution in [0.4, 0.5) is 5.69 Å². The highest BCUT2D eigenvalue weighted by Gasteiger charge is 2.31. The van der Waals surface area contributed by atoms with E-state index in [1.165, 1.54) is 0 Å². The number of carbonyl (C=O) groups is 1. The summed E-state index contributed by atoms with van der Waals surface area (Å²) >= 11 is 0. The fourth-order valence-corrected chi connectivity index (χ4v) is 3.24. The van der Waals surface area contributed by atoms with Crippen LogP contribution in [0.25, 0.3) is 5.57 Å². The third-order valence-electron chi connectivity index (χ3n) is 4.79. The van der Waals surface area contributed by atoms with Gasteiger partial charge in [-0.25, -0.2) is 0 Å². The maximum Gasteiger partial charge on any atom is 0.225 e. The van der Waals surface area contributed by atoms with Crippen molar-refractivity contribution >= 4 is 23.4 Å². The molecule has 6 heteroatoms. The topological polar surface area (TPSA) is 75.1 Å². The van der Waals surface area contributed by atoms with Crippen LogP contribution in [0.5, 0.6) is 0 Å². The summed E-state index contributed by atoms with van der Waals surface area (Å²) in [6.45, 7) is 1.88. The number of primary amides is 1. The third-order valence-corrected chi connectivity index (χ3v) is 4.79. The molecule has 0 saturated carbocycles. The van der Waals surface area contributed by atoms with Crippen LogP contribution in [0.3, 0.4) is 0 Å². The van der Waals surface area contributed by atoms with Gasteiger partial charge >= 0.3 is 0 Å². The average Bonchev–Trinajstić information content (AvgIpc) is 3.05. The molecule has 0 spiro atoms. The van der Waals surface area contributed by atoms with Crippen LogP contribution >= 0.6 is 0 Å². The average molecular weight is 366 g/mol. The van der Waals surface area contributed by atoms with Gasteiger partial charge in [0.25, 0.3) is 0 Å². The van der Waals surface area contributed by atoms with E-state index in [0.717, 1.165) is 28.3 Å². The molecule has 2 aromatic rings. The van der Waals surface area contributed by atoms with Gasteiger partial charge in [-0.05, 0) is 36.8 Å². The fourth-order valence-electron chi connectivity index (χ4n) is 3.24. The van der Waals surface area contributed by atoms with E-state index in [1.807, 2.05) is 57.5 Å². The summed E-state index contributed by atoms with van der Waals surface area (Å²) in [5.74, 6) is 0.710. The van der Waals surface area contributed by atoms with Crippen molar-refractivity contribution < 1.29 is 9.21 Å². The summed E-state index contributed by atoms with van der Waals surface area (Å²) in [7, 11) is 5.94. The summed E-state index contributed by atoms with van der Waals surface area (Å²) < 4.78 is 5.61. The van der Waals surface area contributed by atoms with Crippen molar-refractivity contribution in [2.45, 2.75) is 19.5 Å². The second-order valence-corrected chi connectivity index (χ2v) is 7.11. The van der Waals surface area contributed by atoms with Crippen LogP contribution in [0, 0.1) is 12.8 Å². The number of aryl methyl sites for hydroxylation is 1. The lowest BCUT2D eigenvalue weighted by Gasteiger charge is -2.32. The summed E-state index contributed by atoms with van der Waals surface area (Å²) in [4.78, 5) is 20.7. The molecule has 27 heavy (non-hydrogen) atoms. The van der Waals surface area contributed by atoms with Crippen LogP contribution < -0.4 is 10.6 Å². The minimum Gasteiger partial charge on any atom is -0.466 e. The molecule has 1 aliphatic heterocycles. The molecule has 6 nitrogen and oxygen atoms in total. The van der Waals surface area contributed by atoms with Crippen LogP contribution in [0.2, 0.25) is 0 Å². The SMILES string of the molecule is Cc1ccc(CC(C(N)=O)C2N=CC(c3ccc(N(C)C)cc3)=CN2C)o1. The second kappa shape index (κ2) is 7.70. The van der Waals surface area contributed by atoms with Crippen LogP contribution in [0.1, 0.15) is 17.1 Å². The number of furan rings is 1. The van der Waals surface area contributed by atoms with E-state index in [-0.39, 0.29) is 12.1 Å².